The smallest absolute Gasteiger partial charge is 0.238 e. The van der Waals surface area contributed by atoms with Crippen LogP contribution in [-0.4, -0.2) is 38.9 Å². The number of rotatable bonds is 4. The van der Waals surface area contributed by atoms with Gasteiger partial charge in [-0.15, -0.1) is 0 Å². The molecule has 1 aliphatic carbocycles. The highest BCUT2D eigenvalue weighted by molar-refractivity contribution is 7.89. The average molecular weight is 365 g/mol. The van der Waals surface area contributed by atoms with Gasteiger partial charge in [0.2, 0.25) is 15.9 Å². The van der Waals surface area contributed by atoms with Crippen molar-refractivity contribution in [3.63, 3.8) is 0 Å². The minimum absolute atomic E-state index is 0.0494. The van der Waals surface area contributed by atoms with Gasteiger partial charge in [-0.3, -0.25) is 9.69 Å². The number of anilines is 1. The lowest BCUT2D eigenvalue weighted by Gasteiger charge is -2.41. The van der Waals surface area contributed by atoms with Gasteiger partial charge in [0.15, 0.2) is 0 Å². The molecule has 2 aliphatic rings. The quantitative estimate of drug-likeness (QED) is 0.854. The van der Waals surface area contributed by atoms with Crippen LogP contribution in [0.4, 0.5) is 5.69 Å². The fourth-order valence-corrected chi connectivity index (χ4v) is 5.02. The fourth-order valence-electron chi connectivity index (χ4n) is 4.21. The Morgan fingerprint density at radius 2 is 1.96 bits per heavy atom. The highest BCUT2D eigenvalue weighted by Gasteiger charge is 2.31. The summed E-state index contributed by atoms with van der Waals surface area (Å²) in [6, 6.07) is 4.79. The zero-order valence-electron chi connectivity index (χ0n) is 14.7. The van der Waals surface area contributed by atoms with Gasteiger partial charge in [0.25, 0.3) is 0 Å². The monoisotopic (exact) mass is 365 g/mol. The first-order chi connectivity index (χ1) is 11.8. The number of amides is 1. The third-order valence-electron chi connectivity index (χ3n) is 5.52. The Balaban J connectivity index is 1.59. The summed E-state index contributed by atoms with van der Waals surface area (Å²) in [5, 5.41) is 8.02. The first-order valence-corrected chi connectivity index (χ1v) is 10.5. The van der Waals surface area contributed by atoms with E-state index in [1.54, 1.807) is 19.1 Å². The van der Waals surface area contributed by atoms with Crippen molar-refractivity contribution in [1.29, 1.82) is 0 Å². The number of hydrogen-bond donors (Lipinski definition) is 2. The van der Waals surface area contributed by atoms with Gasteiger partial charge in [0, 0.05) is 12.2 Å². The minimum atomic E-state index is -3.79. The molecule has 1 amide bonds. The van der Waals surface area contributed by atoms with Crippen molar-refractivity contribution in [3.8, 4) is 0 Å². The third-order valence-corrected chi connectivity index (χ3v) is 6.57. The predicted molar refractivity (Wildman–Crippen MR) is 97.7 cm³/mol. The standard InChI is InChI=1S/C18H27N3O3S/c1-13-6-7-16(10-17(13)25(19,23)24)20-18(22)12-21-9-8-14-4-2-3-5-15(14)11-21/h6-7,10,14-15H,2-5,8-9,11-12H2,1H3,(H,20,22)(H2,19,23,24)/t14-,15+/m0/s1. The van der Waals surface area contributed by atoms with Crippen molar-refractivity contribution >= 4 is 21.6 Å². The molecule has 2 atom stereocenters. The van der Waals surface area contributed by atoms with Crippen LogP contribution in [0.1, 0.15) is 37.7 Å². The van der Waals surface area contributed by atoms with E-state index in [9.17, 15) is 13.2 Å². The molecule has 1 saturated heterocycles. The van der Waals surface area contributed by atoms with Crippen molar-refractivity contribution in [2.45, 2.75) is 43.9 Å². The average Bonchev–Trinajstić information content (AvgIpc) is 2.55. The van der Waals surface area contributed by atoms with Crippen LogP contribution >= 0.6 is 0 Å². The summed E-state index contributed by atoms with van der Waals surface area (Å²) in [6.45, 7) is 3.99. The number of piperidine rings is 1. The zero-order chi connectivity index (χ0) is 18.0. The lowest BCUT2D eigenvalue weighted by molar-refractivity contribution is -0.118. The Labute approximate surface area is 149 Å². The van der Waals surface area contributed by atoms with Gasteiger partial charge in [-0.2, -0.15) is 0 Å². The minimum Gasteiger partial charge on any atom is -0.325 e. The van der Waals surface area contributed by atoms with Crippen molar-refractivity contribution < 1.29 is 13.2 Å². The number of nitrogens with two attached hydrogens (primary N) is 1. The molecule has 0 spiro atoms. The maximum atomic E-state index is 12.4. The maximum Gasteiger partial charge on any atom is 0.238 e. The molecule has 3 N–H and O–H groups in total. The van der Waals surface area contributed by atoms with Crippen LogP contribution in [0.3, 0.4) is 0 Å². The van der Waals surface area contributed by atoms with Crippen LogP contribution in [0.15, 0.2) is 23.1 Å². The van der Waals surface area contributed by atoms with E-state index >= 15 is 0 Å². The Kier molecular flexibility index (Phi) is 5.46. The number of nitrogens with one attached hydrogen (secondary N) is 1. The lowest BCUT2D eigenvalue weighted by Crippen LogP contribution is -2.44. The molecule has 0 unspecified atom stereocenters. The zero-order valence-corrected chi connectivity index (χ0v) is 15.5. The van der Waals surface area contributed by atoms with Gasteiger partial charge < -0.3 is 5.32 Å². The van der Waals surface area contributed by atoms with Gasteiger partial charge in [0.05, 0.1) is 11.4 Å². The van der Waals surface area contributed by atoms with Crippen molar-refractivity contribution in [3.05, 3.63) is 23.8 Å². The number of primary sulfonamides is 1. The van der Waals surface area contributed by atoms with Crippen LogP contribution in [-0.2, 0) is 14.8 Å². The van der Waals surface area contributed by atoms with Crippen LogP contribution in [0, 0.1) is 18.8 Å². The molecular weight excluding hydrogens is 338 g/mol. The molecular formula is C18H27N3O3S. The Hall–Kier alpha value is -1.44. The Morgan fingerprint density at radius 3 is 2.68 bits per heavy atom. The topological polar surface area (TPSA) is 92.5 Å². The molecule has 1 aliphatic heterocycles. The number of carbonyl (C=O) groups excluding carboxylic acids is 1. The summed E-state index contributed by atoms with van der Waals surface area (Å²) in [7, 11) is -3.79. The lowest BCUT2D eigenvalue weighted by atomic mass is 9.75. The van der Waals surface area contributed by atoms with E-state index in [1.807, 2.05) is 0 Å². The largest absolute Gasteiger partial charge is 0.325 e. The van der Waals surface area contributed by atoms with Gasteiger partial charge in [-0.25, -0.2) is 13.6 Å². The molecule has 0 aromatic heterocycles. The number of nitrogens with zero attached hydrogens (tertiary/aromatic N) is 1. The number of fused-ring (bicyclic) bond motifs is 1. The first-order valence-electron chi connectivity index (χ1n) is 8.98. The van der Waals surface area contributed by atoms with E-state index < -0.39 is 10.0 Å². The normalized spacial score (nSPS) is 24.6. The van der Waals surface area contributed by atoms with E-state index in [4.69, 9.17) is 5.14 Å². The second-order valence-electron chi connectivity index (χ2n) is 7.40. The Bertz CT molecular complexity index is 748. The molecule has 25 heavy (non-hydrogen) atoms. The van der Waals surface area contributed by atoms with E-state index in [0.29, 0.717) is 17.8 Å². The molecule has 0 radical (unpaired) electrons. The molecule has 2 fully saturated rings. The van der Waals surface area contributed by atoms with Crippen LogP contribution in [0.2, 0.25) is 0 Å². The second-order valence-corrected chi connectivity index (χ2v) is 8.93. The van der Waals surface area contributed by atoms with Crippen molar-refractivity contribution in [1.82, 2.24) is 4.90 Å². The number of carbonyl (C=O) groups is 1. The van der Waals surface area contributed by atoms with Gasteiger partial charge in [-0.1, -0.05) is 25.3 Å². The number of likely N-dealkylation sites (tertiary alicyclic amines) is 1. The molecule has 1 aromatic carbocycles. The van der Waals surface area contributed by atoms with Crippen LogP contribution in [0.5, 0.6) is 0 Å². The molecule has 1 saturated carbocycles. The number of hydrogen-bond acceptors (Lipinski definition) is 4. The Morgan fingerprint density at radius 1 is 1.24 bits per heavy atom. The van der Waals surface area contributed by atoms with Crippen molar-refractivity contribution in [2.75, 3.05) is 25.0 Å². The van der Waals surface area contributed by atoms with Gasteiger partial charge >= 0.3 is 0 Å². The van der Waals surface area contributed by atoms with Crippen LogP contribution in [0.25, 0.3) is 0 Å². The van der Waals surface area contributed by atoms with E-state index in [1.165, 1.54) is 38.2 Å². The molecule has 6 nitrogen and oxygen atoms in total. The van der Waals surface area contributed by atoms with Crippen molar-refractivity contribution in [2.24, 2.45) is 17.0 Å². The molecule has 0 bridgehead atoms. The van der Waals surface area contributed by atoms with E-state index in [-0.39, 0.29) is 10.8 Å². The number of aryl methyl sites for hydroxylation is 1. The van der Waals surface area contributed by atoms with Gasteiger partial charge in [-0.05, 0) is 55.8 Å². The summed E-state index contributed by atoms with van der Waals surface area (Å²) >= 11 is 0. The third kappa shape index (κ3) is 4.59. The highest BCUT2D eigenvalue weighted by Crippen LogP contribution is 2.35. The first kappa shape index (κ1) is 18.4. The summed E-state index contributed by atoms with van der Waals surface area (Å²) in [5.41, 5.74) is 1.03. The molecule has 7 heteroatoms. The maximum absolute atomic E-state index is 12.4. The number of sulfonamides is 1. The molecule has 3 rings (SSSR count). The second kappa shape index (κ2) is 7.43. The summed E-state index contributed by atoms with van der Waals surface area (Å²) in [5.74, 6) is 1.45. The van der Waals surface area contributed by atoms with Crippen LogP contribution < -0.4 is 10.5 Å². The summed E-state index contributed by atoms with van der Waals surface area (Å²) < 4.78 is 23.2. The summed E-state index contributed by atoms with van der Waals surface area (Å²) in [6.07, 6.45) is 6.45. The van der Waals surface area contributed by atoms with E-state index in [2.05, 4.69) is 10.2 Å². The molecule has 138 valence electrons. The molecule has 1 aromatic rings. The van der Waals surface area contributed by atoms with Gasteiger partial charge in [0.1, 0.15) is 0 Å². The SMILES string of the molecule is Cc1ccc(NC(=O)CN2CC[C@@H]3CCCC[C@@H]3C2)cc1S(N)(=O)=O. The summed E-state index contributed by atoms with van der Waals surface area (Å²) in [4.78, 5) is 14.6. The fraction of sp³-hybridized carbons (Fsp3) is 0.611. The van der Waals surface area contributed by atoms with E-state index in [0.717, 1.165) is 24.9 Å². The number of benzene rings is 1. The molecule has 1 heterocycles. The highest BCUT2D eigenvalue weighted by atomic mass is 32.2. The predicted octanol–water partition coefficient (Wildman–Crippen LogP) is 2.09.